The van der Waals surface area contributed by atoms with Crippen LogP contribution in [-0.2, 0) is 14.8 Å². The van der Waals surface area contributed by atoms with E-state index in [2.05, 4.69) is 0 Å². The number of hydrogen-bond donors (Lipinski definition) is 1. The summed E-state index contributed by atoms with van der Waals surface area (Å²) in [5.41, 5.74) is -0.261. The van der Waals surface area contributed by atoms with E-state index in [0.29, 0.717) is 19.5 Å². The van der Waals surface area contributed by atoms with Crippen LogP contribution in [0, 0.1) is 5.41 Å². The van der Waals surface area contributed by atoms with E-state index in [9.17, 15) is 13.2 Å². The average molecular weight is 233 g/mol. The molecule has 0 radical (unpaired) electrons. The van der Waals surface area contributed by atoms with Crippen LogP contribution >= 0.6 is 0 Å². The van der Waals surface area contributed by atoms with Gasteiger partial charge in [0.15, 0.2) is 0 Å². The second-order valence-electron chi connectivity index (χ2n) is 4.57. The lowest BCUT2D eigenvalue weighted by Gasteiger charge is -2.20. The highest BCUT2D eigenvalue weighted by Gasteiger charge is 2.48. The second kappa shape index (κ2) is 3.45. The van der Waals surface area contributed by atoms with E-state index >= 15 is 0 Å². The van der Waals surface area contributed by atoms with Crippen molar-refractivity contribution in [3.05, 3.63) is 0 Å². The third-order valence-electron chi connectivity index (χ3n) is 3.20. The minimum atomic E-state index is -3.08. The topological polar surface area (TPSA) is 74.7 Å². The highest BCUT2D eigenvalue weighted by molar-refractivity contribution is 7.89. The highest BCUT2D eigenvalue weighted by Crippen LogP contribution is 2.50. The highest BCUT2D eigenvalue weighted by atomic mass is 32.2. The molecule has 15 heavy (non-hydrogen) atoms. The Labute approximate surface area is 89.1 Å². The van der Waals surface area contributed by atoms with Crippen molar-refractivity contribution in [3.63, 3.8) is 0 Å². The summed E-state index contributed by atoms with van der Waals surface area (Å²) in [6.07, 6.45) is 2.45. The molecule has 2 rings (SSSR count). The Kier molecular flexibility index (Phi) is 2.50. The predicted octanol–water partition coefficient (Wildman–Crippen LogP) is 0.277. The maximum atomic E-state index is 11.5. The summed E-state index contributed by atoms with van der Waals surface area (Å²) in [5, 5.41) is 8.73. The molecular formula is C9H15NO4S. The van der Waals surface area contributed by atoms with E-state index < -0.39 is 16.0 Å². The van der Waals surface area contributed by atoms with Crippen LogP contribution in [-0.4, -0.2) is 42.6 Å². The number of hydrogen-bond acceptors (Lipinski definition) is 3. The van der Waals surface area contributed by atoms with Crippen molar-refractivity contribution < 1.29 is 18.3 Å². The van der Waals surface area contributed by atoms with Crippen LogP contribution in [0.1, 0.15) is 25.7 Å². The first-order valence-electron chi connectivity index (χ1n) is 5.13. The fourth-order valence-corrected chi connectivity index (χ4v) is 3.76. The summed E-state index contributed by atoms with van der Waals surface area (Å²) in [5.74, 6) is -0.611. The van der Waals surface area contributed by atoms with Crippen LogP contribution in [0.15, 0.2) is 0 Å². The lowest BCUT2D eigenvalue weighted by atomic mass is 10.0. The van der Waals surface area contributed by atoms with Crippen LogP contribution in [0.3, 0.4) is 0 Å². The summed E-state index contributed by atoms with van der Waals surface area (Å²) in [6.45, 7) is 0.964. The van der Waals surface area contributed by atoms with Gasteiger partial charge in [-0.2, -0.15) is 0 Å². The van der Waals surface area contributed by atoms with Crippen LogP contribution < -0.4 is 0 Å². The maximum absolute atomic E-state index is 11.5. The molecule has 0 unspecified atom stereocenters. The minimum Gasteiger partial charge on any atom is -0.481 e. The molecule has 5 nitrogen and oxygen atoms in total. The molecule has 6 heteroatoms. The summed E-state index contributed by atoms with van der Waals surface area (Å²) in [4.78, 5) is 10.6. The van der Waals surface area contributed by atoms with Crippen molar-refractivity contribution >= 4 is 16.0 Å². The zero-order valence-corrected chi connectivity index (χ0v) is 9.29. The minimum absolute atomic E-state index is 0.0962. The van der Waals surface area contributed by atoms with Crippen LogP contribution in [0.5, 0.6) is 0 Å². The van der Waals surface area contributed by atoms with Gasteiger partial charge < -0.3 is 5.11 Å². The molecular weight excluding hydrogens is 218 g/mol. The molecule has 1 heterocycles. The lowest BCUT2D eigenvalue weighted by Crippen LogP contribution is -2.33. The predicted molar refractivity (Wildman–Crippen MR) is 53.9 cm³/mol. The standard InChI is InChI=1S/C9H15NO4S/c11-8(12)6-9(2-3-9)7-10-4-1-5-15(10,13)14/h1-7H2,(H,11,12). The number of carboxylic acids is 1. The molecule has 1 aliphatic heterocycles. The number of rotatable bonds is 4. The van der Waals surface area contributed by atoms with E-state index in [0.717, 1.165) is 12.8 Å². The number of carbonyl (C=O) groups is 1. The molecule has 0 amide bonds. The van der Waals surface area contributed by atoms with Crippen molar-refractivity contribution in [3.8, 4) is 0 Å². The summed E-state index contributed by atoms with van der Waals surface area (Å²) in [7, 11) is -3.08. The number of aliphatic carboxylic acids is 1. The van der Waals surface area contributed by atoms with Crippen molar-refractivity contribution in [2.75, 3.05) is 18.8 Å². The molecule has 2 fully saturated rings. The van der Waals surface area contributed by atoms with E-state index in [4.69, 9.17) is 5.11 Å². The van der Waals surface area contributed by atoms with Gasteiger partial charge in [-0.1, -0.05) is 0 Å². The Bertz CT molecular complexity index is 372. The molecule has 0 aromatic carbocycles. The molecule has 0 aromatic rings. The summed E-state index contributed by atoms with van der Waals surface area (Å²) >= 11 is 0. The number of nitrogens with zero attached hydrogens (tertiary/aromatic N) is 1. The Balaban J connectivity index is 2.00. The molecule has 86 valence electrons. The van der Waals surface area contributed by atoms with Gasteiger partial charge in [-0.15, -0.1) is 0 Å². The van der Waals surface area contributed by atoms with Crippen LogP contribution in [0.2, 0.25) is 0 Å². The Morgan fingerprint density at radius 3 is 2.47 bits per heavy atom. The van der Waals surface area contributed by atoms with Gasteiger partial charge in [-0.05, 0) is 24.7 Å². The van der Waals surface area contributed by atoms with Crippen LogP contribution in [0.4, 0.5) is 0 Å². The number of carboxylic acid groups (broad SMARTS) is 1. The van der Waals surface area contributed by atoms with Gasteiger partial charge in [-0.25, -0.2) is 12.7 Å². The SMILES string of the molecule is O=C(O)CC1(CN2CCCS2(=O)=O)CC1. The van der Waals surface area contributed by atoms with Gasteiger partial charge in [0.05, 0.1) is 12.2 Å². The molecule has 2 aliphatic rings. The maximum Gasteiger partial charge on any atom is 0.303 e. The molecule has 0 aromatic heterocycles. The first-order chi connectivity index (χ1) is 6.94. The first kappa shape index (κ1) is 10.9. The van der Waals surface area contributed by atoms with Crippen LogP contribution in [0.25, 0.3) is 0 Å². The normalized spacial score (nSPS) is 27.7. The Morgan fingerprint density at radius 1 is 1.40 bits per heavy atom. The molecule has 0 bridgehead atoms. The van der Waals surface area contributed by atoms with Gasteiger partial charge >= 0.3 is 5.97 Å². The Hall–Kier alpha value is -0.620. The fourth-order valence-electron chi connectivity index (χ4n) is 2.13. The molecule has 1 N–H and O–H groups in total. The first-order valence-corrected chi connectivity index (χ1v) is 6.74. The molecule has 1 saturated heterocycles. The average Bonchev–Trinajstić information content (AvgIpc) is 2.73. The monoisotopic (exact) mass is 233 g/mol. The smallest absolute Gasteiger partial charge is 0.303 e. The van der Waals surface area contributed by atoms with E-state index in [1.807, 2.05) is 0 Å². The van der Waals surface area contributed by atoms with E-state index in [1.54, 1.807) is 0 Å². The van der Waals surface area contributed by atoms with E-state index in [-0.39, 0.29) is 17.6 Å². The zero-order valence-electron chi connectivity index (χ0n) is 8.48. The summed E-state index contributed by atoms with van der Waals surface area (Å²) in [6, 6.07) is 0. The zero-order chi connectivity index (χ0) is 11.1. The quantitative estimate of drug-likeness (QED) is 0.756. The van der Waals surface area contributed by atoms with Gasteiger partial charge in [-0.3, -0.25) is 4.79 Å². The fraction of sp³-hybridized carbons (Fsp3) is 0.889. The van der Waals surface area contributed by atoms with Crippen molar-refractivity contribution in [2.45, 2.75) is 25.7 Å². The van der Waals surface area contributed by atoms with E-state index in [1.165, 1.54) is 4.31 Å². The Morgan fingerprint density at radius 2 is 2.07 bits per heavy atom. The lowest BCUT2D eigenvalue weighted by molar-refractivity contribution is -0.138. The van der Waals surface area contributed by atoms with Crippen molar-refractivity contribution in [2.24, 2.45) is 5.41 Å². The van der Waals surface area contributed by atoms with Crippen molar-refractivity contribution in [1.29, 1.82) is 0 Å². The second-order valence-corrected chi connectivity index (χ2v) is 6.66. The van der Waals surface area contributed by atoms with Gasteiger partial charge in [0.25, 0.3) is 0 Å². The number of sulfonamides is 1. The molecule has 1 saturated carbocycles. The van der Waals surface area contributed by atoms with Gasteiger partial charge in [0, 0.05) is 13.1 Å². The largest absolute Gasteiger partial charge is 0.481 e. The third kappa shape index (κ3) is 2.31. The summed E-state index contributed by atoms with van der Waals surface area (Å²) < 4.78 is 24.5. The molecule has 0 atom stereocenters. The molecule has 1 aliphatic carbocycles. The van der Waals surface area contributed by atoms with Crippen molar-refractivity contribution in [1.82, 2.24) is 4.31 Å². The van der Waals surface area contributed by atoms with Gasteiger partial charge in [0.2, 0.25) is 10.0 Å². The van der Waals surface area contributed by atoms with Gasteiger partial charge in [0.1, 0.15) is 0 Å². The third-order valence-corrected chi connectivity index (χ3v) is 5.10. The molecule has 0 spiro atoms.